The van der Waals surface area contributed by atoms with Crippen LogP contribution >= 0.6 is 22.6 Å². The third-order valence-electron chi connectivity index (χ3n) is 2.67. The van der Waals surface area contributed by atoms with Crippen LogP contribution in [0.2, 0.25) is 0 Å². The molecule has 1 rings (SSSR count). The van der Waals surface area contributed by atoms with Crippen LogP contribution in [-0.2, 0) is 9.53 Å². The lowest BCUT2D eigenvalue weighted by Crippen LogP contribution is -2.26. The molecule has 1 aromatic carbocycles. The summed E-state index contributed by atoms with van der Waals surface area (Å²) in [6, 6.07) is 5.04. The van der Waals surface area contributed by atoms with E-state index in [1.807, 2.05) is 35.6 Å². The lowest BCUT2D eigenvalue weighted by atomic mass is 10.2. The van der Waals surface area contributed by atoms with Gasteiger partial charge in [-0.2, -0.15) is 0 Å². The van der Waals surface area contributed by atoms with E-state index in [1.54, 1.807) is 11.0 Å². The van der Waals surface area contributed by atoms with Gasteiger partial charge in [-0.3, -0.25) is 14.9 Å². The first-order chi connectivity index (χ1) is 8.99. The second-order valence-electron chi connectivity index (χ2n) is 3.80. The summed E-state index contributed by atoms with van der Waals surface area (Å²) in [4.78, 5) is 23.6. The van der Waals surface area contributed by atoms with Gasteiger partial charge in [0, 0.05) is 22.7 Å². The van der Waals surface area contributed by atoms with Gasteiger partial charge < -0.3 is 9.64 Å². The summed E-state index contributed by atoms with van der Waals surface area (Å²) in [5.74, 6) is -0.327. The predicted octanol–water partition coefficient (Wildman–Crippen LogP) is 2.59. The Balaban J connectivity index is 2.97. The van der Waals surface area contributed by atoms with Gasteiger partial charge in [0.1, 0.15) is 5.69 Å². The van der Waals surface area contributed by atoms with Crippen LogP contribution in [0.1, 0.15) is 13.3 Å². The van der Waals surface area contributed by atoms with Gasteiger partial charge in [0.15, 0.2) is 0 Å². The van der Waals surface area contributed by atoms with E-state index in [0.717, 1.165) is 3.57 Å². The van der Waals surface area contributed by atoms with Crippen molar-refractivity contribution >= 4 is 39.9 Å². The third-order valence-corrected chi connectivity index (χ3v) is 3.34. The number of carbonyl (C=O) groups is 1. The van der Waals surface area contributed by atoms with E-state index in [0.29, 0.717) is 18.8 Å². The quantitative estimate of drug-likeness (QED) is 0.329. The monoisotopic (exact) mass is 378 g/mol. The molecular weight excluding hydrogens is 363 g/mol. The number of esters is 1. The summed E-state index contributed by atoms with van der Waals surface area (Å²) in [7, 11) is 1.33. The number of benzene rings is 1. The zero-order valence-electron chi connectivity index (χ0n) is 10.8. The molecular formula is C12H15IN2O4. The van der Waals surface area contributed by atoms with Crippen LogP contribution in [0.4, 0.5) is 11.4 Å². The van der Waals surface area contributed by atoms with Crippen molar-refractivity contribution < 1.29 is 14.5 Å². The van der Waals surface area contributed by atoms with Crippen molar-refractivity contribution in [3.63, 3.8) is 0 Å². The zero-order valence-corrected chi connectivity index (χ0v) is 12.9. The number of methoxy groups -OCH3 is 1. The molecule has 0 aliphatic rings. The predicted molar refractivity (Wildman–Crippen MR) is 80.3 cm³/mol. The van der Waals surface area contributed by atoms with Crippen molar-refractivity contribution in [1.82, 2.24) is 0 Å². The Morgan fingerprint density at radius 2 is 2.21 bits per heavy atom. The Morgan fingerprint density at radius 3 is 2.74 bits per heavy atom. The summed E-state index contributed by atoms with van der Waals surface area (Å²) in [6.45, 7) is 2.86. The van der Waals surface area contributed by atoms with Crippen molar-refractivity contribution in [3.8, 4) is 0 Å². The van der Waals surface area contributed by atoms with Gasteiger partial charge in [0.2, 0.25) is 0 Å². The first kappa shape index (κ1) is 15.7. The van der Waals surface area contributed by atoms with Gasteiger partial charge in [0.25, 0.3) is 5.69 Å². The number of carbonyl (C=O) groups excluding carboxylic acids is 1. The average Bonchev–Trinajstić information content (AvgIpc) is 2.40. The molecule has 0 radical (unpaired) electrons. The number of halogens is 1. The van der Waals surface area contributed by atoms with Crippen LogP contribution in [0.15, 0.2) is 18.2 Å². The number of nitro benzene ring substituents is 1. The number of ether oxygens (including phenoxy) is 1. The fraction of sp³-hybridized carbons (Fsp3) is 0.417. The molecule has 1 aromatic rings. The lowest BCUT2D eigenvalue weighted by molar-refractivity contribution is -0.384. The molecule has 0 atom stereocenters. The third kappa shape index (κ3) is 4.34. The van der Waals surface area contributed by atoms with E-state index in [9.17, 15) is 14.9 Å². The minimum absolute atomic E-state index is 0.0543. The SMILES string of the molecule is CCN(CCC(=O)OC)c1ccc(I)cc1[N+](=O)[O-]. The number of hydrogen-bond acceptors (Lipinski definition) is 5. The van der Waals surface area contributed by atoms with Crippen LogP contribution in [0.25, 0.3) is 0 Å². The first-order valence-corrected chi connectivity index (χ1v) is 6.83. The van der Waals surface area contributed by atoms with Crippen LogP contribution in [0.3, 0.4) is 0 Å². The molecule has 0 spiro atoms. The fourth-order valence-corrected chi connectivity index (χ4v) is 2.16. The van der Waals surface area contributed by atoms with Crippen molar-refractivity contribution in [2.75, 3.05) is 25.1 Å². The van der Waals surface area contributed by atoms with Gasteiger partial charge in [-0.05, 0) is 41.6 Å². The molecule has 0 unspecified atom stereocenters. The summed E-state index contributed by atoms with van der Waals surface area (Å²) >= 11 is 2.03. The molecule has 0 aliphatic carbocycles. The Hall–Kier alpha value is -1.38. The molecule has 0 amide bonds. The standard InChI is InChI=1S/C12H15IN2O4/c1-3-14(7-6-12(16)19-2)10-5-4-9(13)8-11(10)15(17)18/h4-5,8H,3,6-7H2,1-2H3. The van der Waals surface area contributed by atoms with Crippen LogP contribution in [0, 0.1) is 13.7 Å². The van der Waals surface area contributed by atoms with Crippen molar-refractivity contribution in [3.05, 3.63) is 31.9 Å². The Morgan fingerprint density at radius 1 is 1.53 bits per heavy atom. The highest BCUT2D eigenvalue weighted by atomic mass is 127. The summed E-state index contributed by atoms with van der Waals surface area (Å²) in [6.07, 6.45) is 0.202. The second-order valence-corrected chi connectivity index (χ2v) is 5.04. The van der Waals surface area contributed by atoms with Gasteiger partial charge in [0.05, 0.1) is 18.5 Å². The highest BCUT2D eigenvalue weighted by molar-refractivity contribution is 14.1. The molecule has 0 aliphatic heterocycles. The van der Waals surface area contributed by atoms with E-state index in [4.69, 9.17) is 0 Å². The first-order valence-electron chi connectivity index (χ1n) is 5.75. The molecule has 0 bridgehead atoms. The molecule has 104 valence electrons. The van der Waals surface area contributed by atoms with Crippen molar-refractivity contribution in [2.45, 2.75) is 13.3 Å². The second kappa shape index (κ2) is 7.27. The summed E-state index contributed by atoms with van der Waals surface area (Å²) in [5.41, 5.74) is 0.579. The van der Waals surface area contributed by atoms with E-state index in [1.165, 1.54) is 13.2 Å². The number of anilines is 1. The maximum Gasteiger partial charge on any atom is 0.307 e. The lowest BCUT2D eigenvalue weighted by Gasteiger charge is -2.22. The number of rotatable bonds is 6. The van der Waals surface area contributed by atoms with E-state index in [-0.39, 0.29) is 18.1 Å². The normalized spacial score (nSPS) is 10.1. The fourth-order valence-electron chi connectivity index (χ4n) is 1.69. The molecule has 19 heavy (non-hydrogen) atoms. The Bertz CT molecular complexity index is 479. The molecule has 0 fully saturated rings. The highest BCUT2D eigenvalue weighted by Crippen LogP contribution is 2.29. The van der Waals surface area contributed by atoms with Gasteiger partial charge in [-0.1, -0.05) is 0 Å². The van der Waals surface area contributed by atoms with Crippen LogP contribution < -0.4 is 4.90 Å². The molecule has 7 heteroatoms. The van der Waals surface area contributed by atoms with Crippen molar-refractivity contribution in [1.29, 1.82) is 0 Å². The average molecular weight is 378 g/mol. The van der Waals surface area contributed by atoms with Crippen molar-refractivity contribution in [2.24, 2.45) is 0 Å². The number of hydrogen-bond donors (Lipinski definition) is 0. The number of nitro groups is 1. The molecule has 0 saturated heterocycles. The number of nitrogens with zero attached hydrogens (tertiary/aromatic N) is 2. The highest BCUT2D eigenvalue weighted by Gasteiger charge is 2.19. The summed E-state index contributed by atoms with van der Waals surface area (Å²) in [5, 5.41) is 11.1. The molecule has 0 aromatic heterocycles. The zero-order chi connectivity index (χ0) is 14.4. The van der Waals surface area contributed by atoms with E-state index >= 15 is 0 Å². The molecule has 6 nitrogen and oxygen atoms in total. The van der Waals surface area contributed by atoms with Crippen LogP contribution in [-0.4, -0.2) is 31.1 Å². The maximum atomic E-state index is 11.2. The van der Waals surface area contributed by atoms with Gasteiger partial charge in [-0.25, -0.2) is 0 Å². The van der Waals surface area contributed by atoms with Gasteiger partial charge in [-0.15, -0.1) is 0 Å². The molecule has 0 N–H and O–H groups in total. The largest absolute Gasteiger partial charge is 0.469 e. The maximum absolute atomic E-state index is 11.2. The minimum atomic E-state index is -0.404. The van der Waals surface area contributed by atoms with E-state index < -0.39 is 4.92 Å². The molecule has 0 saturated carbocycles. The smallest absolute Gasteiger partial charge is 0.307 e. The molecule has 0 heterocycles. The van der Waals surface area contributed by atoms with Crippen LogP contribution in [0.5, 0.6) is 0 Å². The van der Waals surface area contributed by atoms with E-state index in [2.05, 4.69) is 4.74 Å². The Kier molecular flexibility index (Phi) is 6.00. The topological polar surface area (TPSA) is 72.7 Å². The minimum Gasteiger partial charge on any atom is -0.469 e. The summed E-state index contributed by atoms with van der Waals surface area (Å²) < 4.78 is 5.38. The Labute approximate surface area is 125 Å². The van der Waals surface area contributed by atoms with Gasteiger partial charge >= 0.3 is 5.97 Å².